The summed E-state index contributed by atoms with van der Waals surface area (Å²) in [6.07, 6.45) is 1.57. The van der Waals surface area contributed by atoms with Gasteiger partial charge in [-0.3, -0.25) is 14.5 Å². The maximum absolute atomic E-state index is 12.5. The summed E-state index contributed by atoms with van der Waals surface area (Å²) in [7, 11) is 4.28. The summed E-state index contributed by atoms with van der Waals surface area (Å²) in [6, 6.07) is 2.51. The third-order valence-corrected chi connectivity index (χ3v) is 4.73. The van der Waals surface area contributed by atoms with Crippen LogP contribution in [0.2, 0.25) is 0 Å². The molecule has 1 saturated heterocycles. The molecule has 1 atom stereocenters. The SMILES string of the molecule is COC(=O)[C@H](C)N1C(=O)S/C(=C/c2ccc(OC)c(C)c2OC)C1=O. The van der Waals surface area contributed by atoms with E-state index in [2.05, 4.69) is 4.74 Å². The van der Waals surface area contributed by atoms with E-state index < -0.39 is 23.2 Å². The molecule has 0 N–H and O–H groups in total. The highest BCUT2D eigenvalue weighted by Gasteiger charge is 2.41. The number of benzene rings is 1. The number of nitrogens with zero attached hydrogens (tertiary/aromatic N) is 1. The summed E-state index contributed by atoms with van der Waals surface area (Å²) >= 11 is 0.772. The minimum atomic E-state index is -0.983. The van der Waals surface area contributed by atoms with Crippen LogP contribution in [0.4, 0.5) is 4.79 Å². The topological polar surface area (TPSA) is 82.1 Å². The molecule has 0 aromatic heterocycles. The lowest BCUT2D eigenvalue weighted by Crippen LogP contribution is -2.42. The second-order valence-corrected chi connectivity index (χ2v) is 6.26. The van der Waals surface area contributed by atoms with Crippen molar-refractivity contribution in [1.82, 2.24) is 4.90 Å². The highest BCUT2D eigenvalue weighted by atomic mass is 32.2. The summed E-state index contributed by atoms with van der Waals surface area (Å²) in [6.45, 7) is 3.28. The van der Waals surface area contributed by atoms with E-state index in [9.17, 15) is 14.4 Å². The first-order valence-corrected chi connectivity index (χ1v) is 8.23. The highest BCUT2D eigenvalue weighted by Crippen LogP contribution is 2.37. The molecular formula is C17H19NO6S. The first-order chi connectivity index (χ1) is 11.8. The van der Waals surface area contributed by atoms with Gasteiger partial charge in [0.05, 0.1) is 26.2 Å². The van der Waals surface area contributed by atoms with Crippen molar-refractivity contribution in [3.05, 3.63) is 28.2 Å². The highest BCUT2D eigenvalue weighted by molar-refractivity contribution is 8.18. The van der Waals surface area contributed by atoms with Crippen molar-refractivity contribution < 1.29 is 28.6 Å². The van der Waals surface area contributed by atoms with Crippen molar-refractivity contribution in [2.75, 3.05) is 21.3 Å². The molecule has 1 aliphatic rings. The van der Waals surface area contributed by atoms with E-state index in [0.29, 0.717) is 17.1 Å². The molecular weight excluding hydrogens is 346 g/mol. The van der Waals surface area contributed by atoms with E-state index in [-0.39, 0.29) is 4.91 Å². The van der Waals surface area contributed by atoms with Gasteiger partial charge in [0.2, 0.25) is 0 Å². The first kappa shape index (κ1) is 18.9. The number of amides is 2. The van der Waals surface area contributed by atoms with Gasteiger partial charge >= 0.3 is 5.97 Å². The maximum atomic E-state index is 12.5. The Bertz CT molecular complexity index is 758. The van der Waals surface area contributed by atoms with Gasteiger partial charge in [-0.25, -0.2) is 4.79 Å². The number of methoxy groups -OCH3 is 3. The zero-order chi connectivity index (χ0) is 18.7. The third kappa shape index (κ3) is 3.48. The van der Waals surface area contributed by atoms with Gasteiger partial charge in [0.15, 0.2) is 0 Å². The van der Waals surface area contributed by atoms with Crippen LogP contribution < -0.4 is 9.47 Å². The Labute approximate surface area is 149 Å². The number of carbonyl (C=O) groups is 3. The Kier molecular flexibility index (Phi) is 5.73. The lowest BCUT2D eigenvalue weighted by atomic mass is 10.1. The average Bonchev–Trinajstić information content (AvgIpc) is 2.87. The van der Waals surface area contributed by atoms with Crippen molar-refractivity contribution in [1.29, 1.82) is 0 Å². The Morgan fingerprint density at radius 1 is 1.20 bits per heavy atom. The Balaban J connectivity index is 2.40. The molecule has 0 radical (unpaired) electrons. The average molecular weight is 365 g/mol. The minimum absolute atomic E-state index is 0.212. The molecule has 2 rings (SSSR count). The van der Waals surface area contributed by atoms with Gasteiger partial charge in [-0.15, -0.1) is 0 Å². The zero-order valence-electron chi connectivity index (χ0n) is 14.6. The molecule has 2 amide bonds. The van der Waals surface area contributed by atoms with Crippen LogP contribution in [0.15, 0.2) is 17.0 Å². The van der Waals surface area contributed by atoms with Gasteiger partial charge in [0.25, 0.3) is 11.1 Å². The molecule has 1 fully saturated rings. The van der Waals surface area contributed by atoms with Crippen LogP contribution >= 0.6 is 11.8 Å². The van der Waals surface area contributed by atoms with E-state index in [0.717, 1.165) is 22.2 Å². The minimum Gasteiger partial charge on any atom is -0.496 e. The number of hydrogen-bond donors (Lipinski definition) is 0. The molecule has 7 nitrogen and oxygen atoms in total. The quantitative estimate of drug-likeness (QED) is 0.586. The van der Waals surface area contributed by atoms with Gasteiger partial charge < -0.3 is 14.2 Å². The second kappa shape index (κ2) is 7.60. The van der Waals surface area contributed by atoms with Crippen molar-refractivity contribution in [3.8, 4) is 11.5 Å². The molecule has 8 heteroatoms. The molecule has 1 aromatic rings. The van der Waals surface area contributed by atoms with Gasteiger partial charge in [0.1, 0.15) is 17.5 Å². The monoisotopic (exact) mass is 365 g/mol. The fourth-order valence-electron chi connectivity index (χ4n) is 2.53. The van der Waals surface area contributed by atoms with E-state index in [1.807, 2.05) is 6.92 Å². The molecule has 1 aliphatic heterocycles. The standard InChI is InChI=1S/C17H19NO6S/c1-9-12(22-3)7-6-11(14(9)23-4)8-13-15(19)18(17(21)25-13)10(2)16(20)24-5/h6-8,10H,1-5H3/b13-8+/t10-/m0/s1. The normalized spacial score (nSPS) is 17.0. The molecule has 1 heterocycles. The summed E-state index contributed by atoms with van der Waals surface area (Å²) in [5, 5.41) is -0.515. The summed E-state index contributed by atoms with van der Waals surface area (Å²) in [5.41, 5.74) is 1.41. The molecule has 0 bridgehead atoms. The van der Waals surface area contributed by atoms with Crippen LogP contribution in [0.3, 0.4) is 0 Å². The van der Waals surface area contributed by atoms with Crippen LogP contribution in [0, 0.1) is 6.92 Å². The second-order valence-electron chi connectivity index (χ2n) is 5.27. The lowest BCUT2D eigenvalue weighted by molar-refractivity contribution is -0.148. The number of rotatable bonds is 5. The molecule has 134 valence electrons. The first-order valence-electron chi connectivity index (χ1n) is 7.42. The molecule has 0 unspecified atom stereocenters. The van der Waals surface area contributed by atoms with E-state index in [4.69, 9.17) is 9.47 Å². The summed E-state index contributed by atoms with van der Waals surface area (Å²) < 4.78 is 15.3. The smallest absolute Gasteiger partial charge is 0.328 e. The number of carbonyl (C=O) groups excluding carboxylic acids is 3. The van der Waals surface area contributed by atoms with Crippen LogP contribution in [0.25, 0.3) is 6.08 Å². The predicted octanol–water partition coefficient (Wildman–Crippen LogP) is 2.61. The number of thioether (sulfide) groups is 1. The van der Waals surface area contributed by atoms with Gasteiger partial charge in [-0.1, -0.05) is 0 Å². The van der Waals surface area contributed by atoms with E-state index >= 15 is 0 Å². The summed E-state index contributed by atoms with van der Waals surface area (Å²) in [4.78, 5) is 37.4. The van der Waals surface area contributed by atoms with Gasteiger partial charge in [0, 0.05) is 11.1 Å². The van der Waals surface area contributed by atoms with Crippen LogP contribution in [0.5, 0.6) is 11.5 Å². The number of hydrogen-bond acceptors (Lipinski definition) is 7. The fourth-order valence-corrected chi connectivity index (χ4v) is 3.43. The van der Waals surface area contributed by atoms with Crippen molar-refractivity contribution in [2.24, 2.45) is 0 Å². The lowest BCUT2D eigenvalue weighted by Gasteiger charge is -2.18. The zero-order valence-corrected chi connectivity index (χ0v) is 15.4. The Morgan fingerprint density at radius 3 is 2.44 bits per heavy atom. The van der Waals surface area contributed by atoms with Crippen molar-refractivity contribution in [3.63, 3.8) is 0 Å². The van der Waals surface area contributed by atoms with Crippen molar-refractivity contribution in [2.45, 2.75) is 19.9 Å². The number of ether oxygens (including phenoxy) is 3. The molecule has 0 saturated carbocycles. The molecule has 1 aromatic carbocycles. The third-order valence-electron chi connectivity index (χ3n) is 3.85. The van der Waals surface area contributed by atoms with Crippen LogP contribution in [-0.4, -0.2) is 49.4 Å². The van der Waals surface area contributed by atoms with Gasteiger partial charge in [-0.2, -0.15) is 0 Å². The van der Waals surface area contributed by atoms with Gasteiger partial charge in [-0.05, 0) is 43.8 Å². The van der Waals surface area contributed by atoms with Crippen molar-refractivity contribution >= 4 is 35.0 Å². The Hall–Kier alpha value is -2.48. The van der Waals surface area contributed by atoms with Crippen LogP contribution in [0.1, 0.15) is 18.1 Å². The Morgan fingerprint density at radius 2 is 1.88 bits per heavy atom. The molecule has 0 aliphatic carbocycles. The van der Waals surface area contributed by atoms with Crippen LogP contribution in [-0.2, 0) is 14.3 Å². The number of imide groups is 1. The largest absolute Gasteiger partial charge is 0.496 e. The number of esters is 1. The summed E-state index contributed by atoms with van der Waals surface area (Å²) in [5.74, 6) is 0.0124. The van der Waals surface area contributed by atoms with E-state index in [1.165, 1.54) is 21.1 Å². The fraction of sp³-hybridized carbons (Fsp3) is 0.353. The maximum Gasteiger partial charge on any atom is 0.328 e. The molecule has 25 heavy (non-hydrogen) atoms. The predicted molar refractivity (Wildman–Crippen MR) is 93.6 cm³/mol. The molecule has 0 spiro atoms. The van der Waals surface area contributed by atoms with E-state index in [1.54, 1.807) is 25.3 Å².